The molecule has 0 aromatic heterocycles. The molecule has 0 spiro atoms. The Kier molecular flexibility index (Phi) is 3.21. The van der Waals surface area contributed by atoms with Crippen LogP contribution in [-0.2, 0) is 4.79 Å². The molecular formula is C13H14N2O. The van der Waals surface area contributed by atoms with E-state index >= 15 is 0 Å². The Bertz CT molecular complexity index is 397. The molecule has 1 amide bonds. The van der Waals surface area contributed by atoms with Crippen LogP contribution in [-0.4, -0.2) is 24.4 Å². The number of benzene rings is 1. The first-order valence-electron chi connectivity index (χ1n) is 5.53. The molecule has 0 N–H and O–H groups in total. The van der Waals surface area contributed by atoms with Crippen molar-refractivity contribution < 1.29 is 4.79 Å². The molecule has 0 unspecified atom stereocenters. The monoisotopic (exact) mass is 214 g/mol. The van der Waals surface area contributed by atoms with Crippen LogP contribution in [0.2, 0.25) is 0 Å². The number of carbonyl (C=O) groups is 1. The van der Waals surface area contributed by atoms with Gasteiger partial charge in [0.05, 0.1) is 11.6 Å². The third-order valence-electron chi connectivity index (χ3n) is 3.19. The molecule has 16 heavy (non-hydrogen) atoms. The van der Waals surface area contributed by atoms with Gasteiger partial charge in [0.2, 0.25) is 6.41 Å². The number of nitriles is 1. The summed E-state index contributed by atoms with van der Waals surface area (Å²) in [5, 5.41) is 8.71. The van der Waals surface area contributed by atoms with Gasteiger partial charge in [-0.3, -0.25) is 4.79 Å². The Hall–Kier alpha value is -1.82. The van der Waals surface area contributed by atoms with Gasteiger partial charge in [0.15, 0.2) is 0 Å². The van der Waals surface area contributed by atoms with E-state index in [-0.39, 0.29) is 0 Å². The van der Waals surface area contributed by atoms with Crippen molar-refractivity contribution in [1.29, 1.82) is 5.26 Å². The Balaban J connectivity index is 2.03. The zero-order chi connectivity index (χ0) is 11.4. The first kappa shape index (κ1) is 10.7. The van der Waals surface area contributed by atoms with Crippen molar-refractivity contribution in [3.63, 3.8) is 0 Å². The topological polar surface area (TPSA) is 44.1 Å². The third kappa shape index (κ3) is 2.22. The summed E-state index contributed by atoms with van der Waals surface area (Å²) in [6, 6.07) is 9.90. The molecule has 1 fully saturated rings. The summed E-state index contributed by atoms with van der Waals surface area (Å²) in [7, 11) is 0. The number of likely N-dealkylation sites (tertiary alicyclic amines) is 1. The minimum absolute atomic E-state index is 0.531. The van der Waals surface area contributed by atoms with Crippen molar-refractivity contribution >= 4 is 6.41 Å². The van der Waals surface area contributed by atoms with Crippen molar-refractivity contribution in [2.75, 3.05) is 13.1 Å². The maximum atomic E-state index is 10.6. The molecule has 0 bridgehead atoms. The normalized spacial score (nSPS) is 16.8. The van der Waals surface area contributed by atoms with Crippen LogP contribution < -0.4 is 0 Å². The van der Waals surface area contributed by atoms with Gasteiger partial charge < -0.3 is 4.90 Å². The maximum Gasteiger partial charge on any atom is 0.209 e. The van der Waals surface area contributed by atoms with Crippen LogP contribution in [0.5, 0.6) is 0 Å². The second kappa shape index (κ2) is 4.80. The van der Waals surface area contributed by atoms with Crippen LogP contribution in [0.25, 0.3) is 0 Å². The molecule has 1 aliphatic heterocycles. The lowest BCUT2D eigenvalue weighted by molar-refractivity contribution is -0.119. The lowest BCUT2D eigenvalue weighted by atomic mass is 9.89. The SMILES string of the molecule is N#Cc1ccc(C2CCN(C=O)CC2)cc1. The van der Waals surface area contributed by atoms with Crippen LogP contribution in [0.4, 0.5) is 0 Å². The van der Waals surface area contributed by atoms with Crippen LogP contribution in [0.15, 0.2) is 24.3 Å². The molecule has 0 atom stereocenters. The van der Waals surface area contributed by atoms with Gasteiger partial charge in [0.25, 0.3) is 0 Å². The van der Waals surface area contributed by atoms with Crippen LogP contribution in [0.1, 0.15) is 29.9 Å². The number of piperidine rings is 1. The van der Waals surface area contributed by atoms with E-state index < -0.39 is 0 Å². The minimum atomic E-state index is 0.531. The van der Waals surface area contributed by atoms with Crippen molar-refractivity contribution in [2.45, 2.75) is 18.8 Å². The van der Waals surface area contributed by atoms with Crippen LogP contribution in [0.3, 0.4) is 0 Å². The van der Waals surface area contributed by atoms with Gasteiger partial charge in [-0.1, -0.05) is 12.1 Å². The fourth-order valence-corrected chi connectivity index (χ4v) is 2.17. The number of nitrogens with zero attached hydrogens (tertiary/aromatic N) is 2. The molecule has 1 aliphatic rings. The summed E-state index contributed by atoms with van der Waals surface area (Å²) in [5.74, 6) is 0.531. The number of rotatable bonds is 2. The van der Waals surface area contributed by atoms with E-state index in [1.807, 2.05) is 29.2 Å². The van der Waals surface area contributed by atoms with Gasteiger partial charge in [0, 0.05) is 13.1 Å². The quantitative estimate of drug-likeness (QED) is 0.706. The Morgan fingerprint density at radius 2 is 1.88 bits per heavy atom. The second-order valence-corrected chi connectivity index (χ2v) is 4.15. The van der Waals surface area contributed by atoms with Crippen LogP contribution >= 0.6 is 0 Å². The predicted molar refractivity (Wildman–Crippen MR) is 60.8 cm³/mol. The number of hydrogen-bond acceptors (Lipinski definition) is 2. The summed E-state index contributed by atoms with van der Waals surface area (Å²) in [5.41, 5.74) is 1.98. The second-order valence-electron chi connectivity index (χ2n) is 4.15. The number of amides is 1. The van der Waals surface area contributed by atoms with Crippen LogP contribution in [0, 0.1) is 11.3 Å². The molecule has 0 aliphatic carbocycles. The van der Waals surface area contributed by atoms with E-state index in [1.165, 1.54) is 5.56 Å². The van der Waals surface area contributed by atoms with E-state index in [4.69, 9.17) is 5.26 Å². The highest BCUT2D eigenvalue weighted by molar-refractivity contribution is 5.47. The van der Waals surface area contributed by atoms with Gasteiger partial charge in [-0.2, -0.15) is 5.26 Å². The highest BCUT2D eigenvalue weighted by Gasteiger charge is 2.19. The molecule has 1 aromatic rings. The van der Waals surface area contributed by atoms with Gasteiger partial charge in [-0.05, 0) is 36.5 Å². The summed E-state index contributed by atoms with van der Waals surface area (Å²) in [6.07, 6.45) is 2.96. The lowest BCUT2D eigenvalue weighted by Gasteiger charge is -2.29. The summed E-state index contributed by atoms with van der Waals surface area (Å²) in [4.78, 5) is 12.4. The summed E-state index contributed by atoms with van der Waals surface area (Å²) >= 11 is 0. The first-order valence-corrected chi connectivity index (χ1v) is 5.53. The Morgan fingerprint density at radius 3 is 2.38 bits per heavy atom. The van der Waals surface area contributed by atoms with Gasteiger partial charge in [0.1, 0.15) is 0 Å². The standard InChI is InChI=1S/C13H14N2O/c14-9-11-1-3-12(4-2-11)13-5-7-15(10-16)8-6-13/h1-4,10,13H,5-8H2. The van der Waals surface area contributed by atoms with Gasteiger partial charge in [-0.15, -0.1) is 0 Å². The molecular weight excluding hydrogens is 200 g/mol. The molecule has 0 saturated carbocycles. The van der Waals surface area contributed by atoms with Crippen molar-refractivity contribution in [2.24, 2.45) is 0 Å². The minimum Gasteiger partial charge on any atom is -0.345 e. The molecule has 1 aromatic carbocycles. The molecule has 3 heteroatoms. The lowest BCUT2D eigenvalue weighted by Crippen LogP contribution is -2.31. The highest BCUT2D eigenvalue weighted by atomic mass is 16.1. The Labute approximate surface area is 95.3 Å². The largest absolute Gasteiger partial charge is 0.345 e. The molecule has 1 saturated heterocycles. The summed E-state index contributed by atoms with van der Waals surface area (Å²) < 4.78 is 0. The third-order valence-corrected chi connectivity index (χ3v) is 3.19. The fourth-order valence-electron chi connectivity index (χ4n) is 2.17. The average molecular weight is 214 g/mol. The predicted octanol–water partition coefficient (Wildman–Crippen LogP) is 1.89. The fraction of sp³-hybridized carbons (Fsp3) is 0.385. The molecule has 2 rings (SSSR count). The van der Waals surface area contributed by atoms with Crippen molar-refractivity contribution in [3.05, 3.63) is 35.4 Å². The Morgan fingerprint density at radius 1 is 1.25 bits per heavy atom. The number of hydrogen-bond donors (Lipinski definition) is 0. The average Bonchev–Trinajstić information content (AvgIpc) is 2.39. The maximum absolute atomic E-state index is 10.6. The van der Waals surface area contributed by atoms with Gasteiger partial charge >= 0.3 is 0 Å². The zero-order valence-electron chi connectivity index (χ0n) is 9.10. The van der Waals surface area contributed by atoms with E-state index in [2.05, 4.69) is 6.07 Å². The van der Waals surface area contributed by atoms with E-state index in [0.29, 0.717) is 11.5 Å². The molecule has 82 valence electrons. The zero-order valence-corrected chi connectivity index (χ0v) is 9.10. The summed E-state index contributed by atoms with van der Waals surface area (Å²) in [6.45, 7) is 1.68. The highest BCUT2D eigenvalue weighted by Crippen LogP contribution is 2.27. The van der Waals surface area contributed by atoms with Crippen molar-refractivity contribution in [3.8, 4) is 6.07 Å². The van der Waals surface area contributed by atoms with E-state index in [0.717, 1.165) is 32.3 Å². The number of carbonyl (C=O) groups excluding carboxylic acids is 1. The molecule has 3 nitrogen and oxygen atoms in total. The first-order chi connectivity index (χ1) is 7.83. The molecule has 0 radical (unpaired) electrons. The molecule has 1 heterocycles. The van der Waals surface area contributed by atoms with Crippen molar-refractivity contribution in [1.82, 2.24) is 4.90 Å². The van der Waals surface area contributed by atoms with Gasteiger partial charge in [-0.25, -0.2) is 0 Å². The van der Waals surface area contributed by atoms with E-state index in [9.17, 15) is 4.79 Å². The van der Waals surface area contributed by atoms with E-state index in [1.54, 1.807) is 0 Å². The smallest absolute Gasteiger partial charge is 0.209 e.